The van der Waals surface area contributed by atoms with Crippen LogP contribution in [0.25, 0.3) is 0 Å². The summed E-state index contributed by atoms with van der Waals surface area (Å²) in [6, 6.07) is 8.80. The van der Waals surface area contributed by atoms with Gasteiger partial charge in [0, 0.05) is 0 Å². The quantitative estimate of drug-likeness (QED) is 0.291. The molecule has 0 aliphatic carbocycles. The summed E-state index contributed by atoms with van der Waals surface area (Å²) in [6.45, 7) is 5.88. The van der Waals surface area contributed by atoms with Crippen molar-refractivity contribution in [3.05, 3.63) is 35.9 Å². The zero-order valence-electron chi connectivity index (χ0n) is 15.8. The Balaban J connectivity index is 0.000000821. The molecule has 0 fully saturated rings. The lowest BCUT2D eigenvalue weighted by molar-refractivity contribution is -0.206. The van der Waals surface area contributed by atoms with Crippen LogP contribution in [0.4, 0.5) is 0 Å². The van der Waals surface area contributed by atoms with Crippen molar-refractivity contribution in [1.29, 1.82) is 0 Å². The third-order valence-electron chi connectivity index (χ3n) is 4.36. The third-order valence-corrected chi connectivity index (χ3v) is 5.53. The molecule has 1 aromatic carbocycles. The van der Waals surface area contributed by atoms with E-state index in [0.29, 0.717) is 5.56 Å². The van der Waals surface area contributed by atoms with Gasteiger partial charge < -0.3 is 40.0 Å². The molecule has 0 bridgehead atoms. The second-order valence-electron chi connectivity index (χ2n) is 7.27. The zero-order valence-corrected chi connectivity index (χ0v) is 17.5. The molecular weight excluding hydrogens is 398 g/mol. The van der Waals surface area contributed by atoms with Gasteiger partial charge in [0.2, 0.25) is 0 Å². The van der Waals surface area contributed by atoms with E-state index in [1.807, 2.05) is 6.07 Å². The molecule has 27 heavy (non-hydrogen) atoms. The van der Waals surface area contributed by atoms with Gasteiger partial charge in [0.1, 0.15) is 0 Å². The largest absolute Gasteiger partial charge is 0.395 e. The number of aliphatic hydroxyl groups excluding tert-OH is 3. The van der Waals surface area contributed by atoms with Crippen LogP contribution >= 0.6 is 17.2 Å². The van der Waals surface area contributed by atoms with Gasteiger partial charge in [-0.05, 0) is 17.9 Å². The topological polar surface area (TPSA) is 171 Å². The molecule has 1 rings (SSSR count). The molecule has 0 amide bonds. The monoisotopic (exact) mass is 428 g/mol. The Hall–Kier alpha value is -0.280. The first-order valence-electron chi connectivity index (χ1n) is 7.97. The van der Waals surface area contributed by atoms with Gasteiger partial charge >= 0.3 is 17.2 Å². The maximum atomic E-state index is 10.9. The fourth-order valence-electron chi connectivity index (χ4n) is 2.74. The summed E-state index contributed by atoms with van der Waals surface area (Å²) in [5.41, 5.74) is -3.06. The van der Waals surface area contributed by atoms with Crippen molar-refractivity contribution in [1.82, 2.24) is 0 Å². The molecule has 0 aliphatic rings. The van der Waals surface area contributed by atoms with Gasteiger partial charge in [-0.1, -0.05) is 51.1 Å². The van der Waals surface area contributed by atoms with Gasteiger partial charge in [-0.3, -0.25) is 0 Å². The van der Waals surface area contributed by atoms with Crippen LogP contribution < -0.4 is 0 Å². The Morgan fingerprint density at radius 2 is 1.30 bits per heavy atom. The van der Waals surface area contributed by atoms with Crippen LogP contribution in [0.5, 0.6) is 0 Å². The SMILES string of the molecule is CC(C)(C)C(O)C(CO)(CO)C(C)(O)c1ccccc1.OP(O)OP(O)O. The van der Waals surface area contributed by atoms with Crippen LogP contribution in [0.3, 0.4) is 0 Å². The number of rotatable bonds is 7. The number of benzene rings is 1. The highest BCUT2D eigenvalue weighted by Gasteiger charge is 2.55. The van der Waals surface area contributed by atoms with Crippen LogP contribution in [0.2, 0.25) is 0 Å². The molecule has 1 aromatic rings. The van der Waals surface area contributed by atoms with Crippen molar-refractivity contribution < 1.29 is 44.3 Å². The van der Waals surface area contributed by atoms with Gasteiger partial charge in [0.05, 0.1) is 30.3 Å². The van der Waals surface area contributed by atoms with E-state index < -0.39 is 53.0 Å². The predicted octanol–water partition coefficient (Wildman–Crippen LogP) is 0.698. The first kappa shape index (κ1) is 26.7. The zero-order chi connectivity index (χ0) is 21.5. The average molecular weight is 428 g/mol. The second kappa shape index (κ2) is 11.0. The standard InChI is InChI=1S/C16H26O4.H4O5P2/c1-14(2,3)13(19)16(10-17,11-18)15(4,20)12-8-6-5-7-9-12;1-6(2)5-7(3)4/h5-9,13,17-20H,10-11H2,1-4H3;1-4H. The van der Waals surface area contributed by atoms with Gasteiger partial charge in [-0.25, -0.2) is 4.31 Å². The normalized spacial score (nSPS) is 15.9. The molecule has 9 nitrogen and oxygen atoms in total. The van der Waals surface area contributed by atoms with E-state index in [0.717, 1.165) is 0 Å². The van der Waals surface area contributed by atoms with Crippen molar-refractivity contribution in [3.8, 4) is 0 Å². The molecule has 0 radical (unpaired) electrons. The van der Waals surface area contributed by atoms with Crippen molar-refractivity contribution in [2.45, 2.75) is 39.4 Å². The summed E-state index contributed by atoms with van der Waals surface area (Å²) in [6.07, 6.45) is -1.08. The predicted molar refractivity (Wildman–Crippen MR) is 102 cm³/mol. The van der Waals surface area contributed by atoms with Crippen LogP contribution in [-0.4, -0.2) is 59.3 Å². The highest BCUT2D eigenvalue weighted by molar-refractivity contribution is 7.53. The van der Waals surface area contributed by atoms with Crippen molar-refractivity contribution >= 4 is 17.2 Å². The summed E-state index contributed by atoms with van der Waals surface area (Å²) in [5.74, 6) is 0. The highest BCUT2D eigenvalue weighted by Crippen LogP contribution is 2.47. The lowest BCUT2D eigenvalue weighted by Crippen LogP contribution is -2.60. The molecule has 11 heteroatoms. The Morgan fingerprint density at radius 3 is 1.56 bits per heavy atom. The van der Waals surface area contributed by atoms with Crippen LogP contribution in [0.15, 0.2) is 30.3 Å². The minimum absolute atomic E-state index is 0.524. The molecule has 0 saturated carbocycles. The van der Waals surface area contributed by atoms with E-state index in [9.17, 15) is 20.4 Å². The van der Waals surface area contributed by atoms with Gasteiger partial charge in [-0.15, -0.1) is 0 Å². The molecule has 0 aromatic heterocycles. The van der Waals surface area contributed by atoms with Crippen molar-refractivity contribution in [2.75, 3.05) is 13.2 Å². The summed E-state index contributed by atoms with van der Waals surface area (Å²) in [4.78, 5) is 31.3. The number of hydrogen-bond acceptors (Lipinski definition) is 9. The maximum absolute atomic E-state index is 10.9. The second-order valence-corrected chi connectivity index (χ2v) is 8.93. The summed E-state index contributed by atoms with van der Waals surface area (Å²) in [5, 5.41) is 41.2. The summed E-state index contributed by atoms with van der Waals surface area (Å²) in [7, 11) is -5.22. The molecule has 158 valence electrons. The molecular formula is C16H30O9P2. The molecule has 0 aliphatic heterocycles. The summed E-state index contributed by atoms with van der Waals surface area (Å²) < 4.78 is 3.60. The highest BCUT2D eigenvalue weighted by atomic mass is 31.2. The van der Waals surface area contributed by atoms with E-state index in [1.54, 1.807) is 45.0 Å². The lowest BCUT2D eigenvalue weighted by Gasteiger charge is -2.50. The maximum Gasteiger partial charge on any atom is 0.334 e. The molecule has 0 saturated heterocycles. The molecule has 2 unspecified atom stereocenters. The smallest absolute Gasteiger partial charge is 0.334 e. The minimum Gasteiger partial charge on any atom is -0.395 e. The molecule has 0 spiro atoms. The number of hydrogen-bond donors (Lipinski definition) is 8. The minimum atomic E-state index is -2.61. The van der Waals surface area contributed by atoms with E-state index in [2.05, 4.69) is 4.31 Å². The molecule has 8 N–H and O–H groups in total. The summed E-state index contributed by atoms with van der Waals surface area (Å²) >= 11 is 0. The first-order valence-corrected chi connectivity index (χ1v) is 10.3. The molecule has 0 heterocycles. The Kier molecular flexibility index (Phi) is 10.9. The Labute approximate surface area is 161 Å². The fourth-order valence-corrected chi connectivity index (χ4v) is 3.26. The Morgan fingerprint density at radius 1 is 0.889 bits per heavy atom. The van der Waals surface area contributed by atoms with E-state index in [1.165, 1.54) is 6.92 Å². The molecule has 2 atom stereocenters. The lowest BCUT2D eigenvalue weighted by atomic mass is 9.61. The van der Waals surface area contributed by atoms with Gasteiger partial charge in [0.25, 0.3) is 0 Å². The van der Waals surface area contributed by atoms with E-state index >= 15 is 0 Å². The van der Waals surface area contributed by atoms with Gasteiger partial charge in [-0.2, -0.15) is 0 Å². The third kappa shape index (κ3) is 7.24. The van der Waals surface area contributed by atoms with Crippen molar-refractivity contribution in [3.63, 3.8) is 0 Å². The van der Waals surface area contributed by atoms with Crippen LogP contribution in [0, 0.1) is 10.8 Å². The first-order chi connectivity index (χ1) is 12.3. The fraction of sp³-hybridized carbons (Fsp3) is 0.625. The van der Waals surface area contributed by atoms with Crippen molar-refractivity contribution in [2.24, 2.45) is 10.8 Å². The van der Waals surface area contributed by atoms with E-state index in [4.69, 9.17) is 19.6 Å². The van der Waals surface area contributed by atoms with Gasteiger partial charge in [0.15, 0.2) is 0 Å². The van der Waals surface area contributed by atoms with Crippen LogP contribution in [-0.2, 0) is 9.91 Å². The van der Waals surface area contributed by atoms with Crippen LogP contribution in [0.1, 0.15) is 33.3 Å². The number of aliphatic hydroxyl groups is 4. The Bertz CT molecular complexity index is 522. The van der Waals surface area contributed by atoms with E-state index in [-0.39, 0.29) is 0 Å². The average Bonchev–Trinajstić information content (AvgIpc) is 2.55.